The Morgan fingerprint density at radius 2 is 1.96 bits per heavy atom. The maximum Gasteiger partial charge on any atom is 0.251 e. The number of rotatable bonds is 5. The standard InChI is InChI=1S/C19H26N4O2/c1-3-18-15(13-22(2)21-18)12-20-19(25)14-4-6-16(7-5-14)23-10-8-17(24)9-11-23/h4-7,13,17,24H,3,8-12H2,1-2H3,(H,20,25). The molecule has 25 heavy (non-hydrogen) atoms. The molecule has 1 aromatic carbocycles. The van der Waals surface area contributed by atoms with E-state index in [9.17, 15) is 9.90 Å². The maximum absolute atomic E-state index is 12.4. The van der Waals surface area contributed by atoms with Crippen molar-refractivity contribution in [3.8, 4) is 0 Å². The average Bonchev–Trinajstić information content (AvgIpc) is 3.00. The molecule has 1 saturated heterocycles. The second-order valence-electron chi connectivity index (χ2n) is 6.58. The number of benzene rings is 1. The molecule has 0 aliphatic carbocycles. The molecule has 6 nitrogen and oxygen atoms in total. The van der Waals surface area contributed by atoms with Crippen molar-refractivity contribution in [1.29, 1.82) is 0 Å². The minimum Gasteiger partial charge on any atom is -0.393 e. The predicted molar refractivity (Wildman–Crippen MR) is 97.7 cm³/mol. The van der Waals surface area contributed by atoms with Gasteiger partial charge in [-0.05, 0) is 43.5 Å². The Kier molecular flexibility index (Phi) is 5.38. The molecule has 1 aliphatic rings. The first kappa shape index (κ1) is 17.5. The summed E-state index contributed by atoms with van der Waals surface area (Å²) in [6.07, 6.45) is 4.22. The maximum atomic E-state index is 12.4. The lowest BCUT2D eigenvalue weighted by molar-refractivity contribution is 0.0951. The highest BCUT2D eigenvalue weighted by atomic mass is 16.3. The number of hydrogen-bond acceptors (Lipinski definition) is 4. The van der Waals surface area contributed by atoms with Crippen molar-refractivity contribution in [1.82, 2.24) is 15.1 Å². The Morgan fingerprint density at radius 3 is 2.60 bits per heavy atom. The summed E-state index contributed by atoms with van der Waals surface area (Å²) in [5.41, 5.74) is 3.83. The van der Waals surface area contributed by atoms with Gasteiger partial charge in [-0.2, -0.15) is 5.10 Å². The Labute approximate surface area is 148 Å². The highest BCUT2D eigenvalue weighted by Gasteiger charge is 2.17. The fourth-order valence-electron chi connectivity index (χ4n) is 3.25. The molecule has 1 aromatic heterocycles. The molecule has 0 radical (unpaired) electrons. The first-order valence-corrected chi connectivity index (χ1v) is 8.89. The zero-order valence-corrected chi connectivity index (χ0v) is 14.9. The van der Waals surface area contributed by atoms with Crippen LogP contribution in [0.1, 0.15) is 41.4 Å². The number of nitrogens with one attached hydrogen (secondary N) is 1. The fraction of sp³-hybridized carbons (Fsp3) is 0.474. The van der Waals surface area contributed by atoms with Gasteiger partial charge in [0.1, 0.15) is 0 Å². The SMILES string of the molecule is CCc1nn(C)cc1CNC(=O)c1ccc(N2CCC(O)CC2)cc1. The molecule has 1 aliphatic heterocycles. The minimum atomic E-state index is -0.179. The third kappa shape index (κ3) is 4.20. The summed E-state index contributed by atoms with van der Waals surface area (Å²) in [6, 6.07) is 7.68. The number of aliphatic hydroxyl groups is 1. The van der Waals surface area contributed by atoms with Gasteiger partial charge in [-0.3, -0.25) is 9.48 Å². The van der Waals surface area contributed by atoms with Crippen LogP contribution < -0.4 is 10.2 Å². The summed E-state index contributed by atoms with van der Waals surface area (Å²) in [4.78, 5) is 14.6. The molecular formula is C19H26N4O2. The largest absolute Gasteiger partial charge is 0.393 e. The molecule has 0 unspecified atom stereocenters. The lowest BCUT2D eigenvalue weighted by atomic mass is 10.1. The Balaban J connectivity index is 1.59. The van der Waals surface area contributed by atoms with Crippen LogP contribution in [0.15, 0.2) is 30.5 Å². The first-order chi connectivity index (χ1) is 12.1. The summed E-state index contributed by atoms with van der Waals surface area (Å²) >= 11 is 0. The number of anilines is 1. The Morgan fingerprint density at radius 1 is 1.28 bits per heavy atom. The molecule has 6 heteroatoms. The van der Waals surface area contributed by atoms with Gasteiger partial charge in [0.15, 0.2) is 0 Å². The number of nitrogens with zero attached hydrogens (tertiary/aromatic N) is 3. The van der Waals surface area contributed by atoms with Crippen LogP contribution in [0.5, 0.6) is 0 Å². The molecule has 1 amide bonds. The van der Waals surface area contributed by atoms with Gasteiger partial charge in [0.05, 0.1) is 11.8 Å². The van der Waals surface area contributed by atoms with Gasteiger partial charge in [-0.15, -0.1) is 0 Å². The topological polar surface area (TPSA) is 70.4 Å². The van der Waals surface area contributed by atoms with E-state index in [1.54, 1.807) is 4.68 Å². The molecule has 2 N–H and O–H groups in total. The highest BCUT2D eigenvalue weighted by molar-refractivity contribution is 5.94. The van der Waals surface area contributed by atoms with Crippen LogP contribution >= 0.6 is 0 Å². The van der Waals surface area contributed by atoms with Gasteiger partial charge in [-0.25, -0.2) is 0 Å². The smallest absolute Gasteiger partial charge is 0.251 e. The van der Waals surface area contributed by atoms with Crippen molar-refractivity contribution in [2.45, 2.75) is 38.8 Å². The lowest BCUT2D eigenvalue weighted by Crippen LogP contribution is -2.35. The Bertz CT molecular complexity index is 716. The van der Waals surface area contributed by atoms with E-state index in [1.807, 2.05) is 37.5 Å². The second kappa shape index (κ2) is 7.70. The number of amides is 1. The number of aliphatic hydroxyl groups excluding tert-OH is 1. The molecule has 2 heterocycles. The van der Waals surface area contributed by atoms with Gasteiger partial charge in [-0.1, -0.05) is 6.92 Å². The third-order valence-electron chi connectivity index (χ3n) is 4.73. The van der Waals surface area contributed by atoms with Gasteiger partial charge in [0, 0.05) is 49.7 Å². The zero-order chi connectivity index (χ0) is 17.8. The summed E-state index contributed by atoms with van der Waals surface area (Å²) in [5.74, 6) is -0.0773. The van der Waals surface area contributed by atoms with Crippen LogP contribution in [0, 0.1) is 0 Å². The van der Waals surface area contributed by atoms with E-state index in [4.69, 9.17) is 0 Å². The number of piperidine rings is 1. The minimum absolute atomic E-state index is 0.0773. The number of aryl methyl sites for hydroxylation is 2. The molecular weight excluding hydrogens is 316 g/mol. The first-order valence-electron chi connectivity index (χ1n) is 8.89. The molecule has 0 atom stereocenters. The number of carbonyl (C=O) groups excluding carboxylic acids is 1. The van der Waals surface area contributed by atoms with Crippen LogP contribution in [0.2, 0.25) is 0 Å². The summed E-state index contributed by atoms with van der Waals surface area (Å²) < 4.78 is 1.78. The van der Waals surface area contributed by atoms with E-state index < -0.39 is 0 Å². The molecule has 0 spiro atoms. The van der Waals surface area contributed by atoms with E-state index in [-0.39, 0.29) is 12.0 Å². The Hall–Kier alpha value is -2.34. The van der Waals surface area contributed by atoms with Crippen LogP contribution in [-0.4, -0.2) is 40.0 Å². The van der Waals surface area contributed by atoms with E-state index in [0.717, 1.165) is 49.3 Å². The van der Waals surface area contributed by atoms with Crippen molar-refractivity contribution >= 4 is 11.6 Å². The second-order valence-corrected chi connectivity index (χ2v) is 6.58. The van der Waals surface area contributed by atoms with E-state index in [1.165, 1.54) is 0 Å². The third-order valence-corrected chi connectivity index (χ3v) is 4.73. The van der Waals surface area contributed by atoms with E-state index in [0.29, 0.717) is 12.1 Å². The van der Waals surface area contributed by atoms with Crippen LogP contribution in [0.4, 0.5) is 5.69 Å². The van der Waals surface area contributed by atoms with Crippen LogP contribution in [0.25, 0.3) is 0 Å². The summed E-state index contributed by atoms with van der Waals surface area (Å²) in [5, 5.41) is 17.0. The fourth-order valence-corrected chi connectivity index (χ4v) is 3.25. The normalized spacial score (nSPS) is 15.4. The van der Waals surface area contributed by atoms with Crippen LogP contribution in [-0.2, 0) is 20.0 Å². The molecule has 0 saturated carbocycles. The van der Waals surface area contributed by atoms with Crippen molar-refractivity contribution in [3.63, 3.8) is 0 Å². The van der Waals surface area contributed by atoms with Crippen LogP contribution in [0.3, 0.4) is 0 Å². The summed E-state index contributed by atoms with van der Waals surface area (Å²) in [6.45, 7) is 4.26. The number of hydrogen-bond donors (Lipinski definition) is 2. The predicted octanol–water partition coefficient (Wildman–Crippen LogP) is 1.87. The number of carbonyl (C=O) groups is 1. The van der Waals surface area contributed by atoms with Gasteiger partial charge in [0.25, 0.3) is 5.91 Å². The number of aromatic nitrogens is 2. The highest BCUT2D eigenvalue weighted by Crippen LogP contribution is 2.20. The average molecular weight is 342 g/mol. The monoisotopic (exact) mass is 342 g/mol. The molecule has 0 bridgehead atoms. The molecule has 134 valence electrons. The quantitative estimate of drug-likeness (QED) is 0.870. The van der Waals surface area contributed by atoms with E-state index in [2.05, 4.69) is 22.2 Å². The zero-order valence-electron chi connectivity index (χ0n) is 14.9. The lowest BCUT2D eigenvalue weighted by Gasteiger charge is -2.31. The van der Waals surface area contributed by atoms with E-state index >= 15 is 0 Å². The van der Waals surface area contributed by atoms with Gasteiger partial charge < -0.3 is 15.3 Å². The van der Waals surface area contributed by atoms with Gasteiger partial charge in [0.2, 0.25) is 0 Å². The van der Waals surface area contributed by atoms with Crippen molar-refractivity contribution in [2.75, 3.05) is 18.0 Å². The molecule has 3 rings (SSSR count). The van der Waals surface area contributed by atoms with Crippen molar-refractivity contribution in [2.24, 2.45) is 7.05 Å². The van der Waals surface area contributed by atoms with Crippen molar-refractivity contribution in [3.05, 3.63) is 47.3 Å². The molecule has 1 fully saturated rings. The summed E-state index contributed by atoms with van der Waals surface area (Å²) in [7, 11) is 1.89. The van der Waals surface area contributed by atoms with Gasteiger partial charge >= 0.3 is 0 Å². The van der Waals surface area contributed by atoms with Crippen molar-refractivity contribution < 1.29 is 9.90 Å². The molecule has 2 aromatic rings.